The van der Waals surface area contributed by atoms with Crippen LogP contribution in [0.15, 0.2) is 91.0 Å². The predicted molar refractivity (Wildman–Crippen MR) is 220 cm³/mol. The minimum atomic E-state index is -0.170. The number of ether oxygens (including phenoxy) is 4. The molecule has 0 aliphatic heterocycles. The van der Waals surface area contributed by atoms with Crippen molar-refractivity contribution in [2.45, 2.75) is 60.3 Å². The summed E-state index contributed by atoms with van der Waals surface area (Å²) in [6.07, 6.45) is 1.01. The van der Waals surface area contributed by atoms with Crippen LogP contribution in [-0.4, -0.2) is 42.2 Å². The molecule has 9 heteroatoms. The molecule has 284 valence electrons. The van der Waals surface area contributed by atoms with Crippen molar-refractivity contribution in [3.05, 3.63) is 108 Å². The number of carbonyl (C=O) groups is 1. The summed E-state index contributed by atoms with van der Waals surface area (Å²) in [6, 6.07) is 27.9. The summed E-state index contributed by atoms with van der Waals surface area (Å²) in [5, 5.41) is 15.2. The monoisotopic (exact) mass is 739 g/mol. The summed E-state index contributed by atoms with van der Waals surface area (Å²) in [7, 11) is 4.64. The van der Waals surface area contributed by atoms with Gasteiger partial charge in [0.25, 0.3) is 0 Å². The zero-order valence-electron chi connectivity index (χ0n) is 33.3. The van der Waals surface area contributed by atoms with E-state index < -0.39 is 0 Å². The fourth-order valence-electron chi connectivity index (χ4n) is 7.44. The number of rotatable bonds is 10. The highest BCUT2D eigenvalue weighted by Gasteiger charge is 2.33. The van der Waals surface area contributed by atoms with Gasteiger partial charge in [0.2, 0.25) is 0 Å². The molecule has 0 fully saturated rings. The first-order valence-corrected chi connectivity index (χ1v) is 18.5. The lowest BCUT2D eigenvalue weighted by atomic mass is 9.72. The highest BCUT2D eigenvalue weighted by Crippen LogP contribution is 2.48. The molecule has 1 aliphatic carbocycles. The molecule has 0 saturated heterocycles. The van der Waals surface area contributed by atoms with E-state index >= 15 is 0 Å². The highest BCUT2D eigenvalue weighted by molar-refractivity contribution is 6.28. The van der Waals surface area contributed by atoms with E-state index in [1.54, 1.807) is 25.3 Å². The first-order chi connectivity index (χ1) is 26.3. The van der Waals surface area contributed by atoms with Crippen molar-refractivity contribution in [1.29, 1.82) is 0 Å². The average Bonchev–Trinajstić information content (AvgIpc) is 3.17. The number of fused-ring (bicyclic) bond motifs is 2. The number of phenols is 1. The minimum absolute atomic E-state index is 0.0518. The van der Waals surface area contributed by atoms with Crippen LogP contribution in [0.1, 0.15) is 76.4 Å². The van der Waals surface area contributed by atoms with Crippen molar-refractivity contribution in [3.63, 3.8) is 0 Å². The maximum Gasteiger partial charge on any atom is 0.196 e. The molecule has 1 aliphatic rings. The number of phenolic OH excluding ortho intramolecular Hbond substituents is 1. The van der Waals surface area contributed by atoms with E-state index in [2.05, 4.69) is 52.1 Å². The van der Waals surface area contributed by atoms with Gasteiger partial charge in [-0.3, -0.25) is 4.79 Å². The molecule has 0 unspecified atom stereocenters. The summed E-state index contributed by atoms with van der Waals surface area (Å²) in [5.74, 6) is 2.43. The Morgan fingerprint density at radius 2 is 1.31 bits per heavy atom. The van der Waals surface area contributed by atoms with Gasteiger partial charge in [-0.2, -0.15) is 0 Å². The second-order valence-corrected chi connectivity index (χ2v) is 15.1. The number of aromatic hydroxyl groups is 1. The zero-order chi connectivity index (χ0) is 39.7. The minimum Gasteiger partial charge on any atom is -0.507 e. The van der Waals surface area contributed by atoms with Gasteiger partial charge in [0.05, 0.1) is 43.8 Å². The molecule has 0 bridgehead atoms. The summed E-state index contributed by atoms with van der Waals surface area (Å²) >= 11 is 0. The van der Waals surface area contributed by atoms with Crippen LogP contribution >= 0.6 is 0 Å². The van der Waals surface area contributed by atoms with Gasteiger partial charge < -0.3 is 29.4 Å². The maximum atomic E-state index is 14.4. The van der Waals surface area contributed by atoms with E-state index in [4.69, 9.17) is 28.9 Å². The predicted octanol–water partition coefficient (Wildman–Crippen LogP) is 11.5. The molecule has 7 rings (SSSR count). The Hall–Kier alpha value is -6.09. The van der Waals surface area contributed by atoms with Gasteiger partial charge in [0.15, 0.2) is 28.9 Å². The quantitative estimate of drug-likeness (QED) is 0.141. The Bertz CT molecular complexity index is 2360. The van der Waals surface area contributed by atoms with Crippen LogP contribution in [0.25, 0.3) is 33.5 Å². The molecule has 1 heterocycles. The fraction of sp³-hybridized carbons (Fsp3) is 0.283. The Morgan fingerprint density at radius 3 is 1.93 bits per heavy atom. The molecular formula is C46H49N3O6. The first-order valence-electron chi connectivity index (χ1n) is 18.5. The number of benzene rings is 5. The van der Waals surface area contributed by atoms with Gasteiger partial charge in [-0.15, -0.1) is 0 Å². The van der Waals surface area contributed by atoms with Crippen LogP contribution in [0.2, 0.25) is 0 Å². The number of nitrogens with one attached hydrogen (secondary N) is 1. The molecule has 9 nitrogen and oxygen atoms in total. The number of hydrogen-bond donors (Lipinski definition) is 2. The largest absolute Gasteiger partial charge is 0.507 e. The lowest BCUT2D eigenvalue weighted by Crippen LogP contribution is -2.24. The van der Waals surface area contributed by atoms with Crippen molar-refractivity contribution in [1.82, 2.24) is 9.97 Å². The Balaban J connectivity index is 0.00000253. The Morgan fingerprint density at radius 1 is 0.691 bits per heavy atom. The normalized spacial score (nSPS) is 12.0. The number of methoxy groups -OCH3 is 3. The van der Waals surface area contributed by atoms with Crippen LogP contribution in [0.5, 0.6) is 34.5 Å². The van der Waals surface area contributed by atoms with E-state index in [1.165, 1.54) is 25.8 Å². The summed E-state index contributed by atoms with van der Waals surface area (Å²) in [4.78, 5) is 24.5. The van der Waals surface area contributed by atoms with Crippen molar-refractivity contribution in [3.8, 4) is 57.1 Å². The van der Waals surface area contributed by atoms with Gasteiger partial charge in [0, 0.05) is 34.3 Å². The standard InChI is InChI=1S/C44H43N3O6.C2H6/c1-43(2,3)24-44(4,5)25-13-17-28(18-14-25)53-36-22-32(45-26-15-19-27(50-6)20-16-26)37-38-39(29-11-9-10-12-30(29)41(37)49)46-42(47-40(36)38)31-21-34(51-7)35(52-8)23-33(31)48;1-2/h9-23,45,48H,24H2,1-8H3;1-2H3. The van der Waals surface area contributed by atoms with E-state index in [1.807, 2.05) is 68.4 Å². The van der Waals surface area contributed by atoms with Crippen LogP contribution in [0, 0.1) is 5.41 Å². The number of carbonyl (C=O) groups excluding carboxylic acids is 1. The highest BCUT2D eigenvalue weighted by atomic mass is 16.5. The summed E-state index contributed by atoms with van der Waals surface area (Å²) in [6.45, 7) is 15.3. The lowest BCUT2D eigenvalue weighted by molar-refractivity contribution is 0.104. The third-order valence-corrected chi connectivity index (χ3v) is 9.54. The van der Waals surface area contributed by atoms with Crippen molar-refractivity contribution >= 4 is 28.1 Å². The maximum absolute atomic E-state index is 14.4. The van der Waals surface area contributed by atoms with Crippen molar-refractivity contribution < 1.29 is 28.8 Å². The number of aromatic nitrogens is 2. The summed E-state index contributed by atoms with van der Waals surface area (Å²) < 4.78 is 23.1. The SMILES string of the molecule is CC.COc1ccc(Nc2cc(Oc3ccc(C(C)(C)CC(C)(C)C)cc3)c3nc(-c4cc(OC)c(OC)cc4O)nc4c3c2C(=O)c2ccccc2-4)cc1. The molecule has 6 aromatic rings. The molecule has 0 radical (unpaired) electrons. The molecule has 2 N–H and O–H groups in total. The number of nitrogens with zero attached hydrogens (tertiary/aromatic N) is 2. The zero-order valence-corrected chi connectivity index (χ0v) is 33.3. The van der Waals surface area contributed by atoms with Crippen molar-refractivity contribution in [2.75, 3.05) is 26.6 Å². The molecule has 5 aromatic carbocycles. The molecule has 0 atom stereocenters. The van der Waals surface area contributed by atoms with Crippen LogP contribution in [0.3, 0.4) is 0 Å². The number of ketones is 1. The second kappa shape index (κ2) is 15.3. The molecule has 0 saturated carbocycles. The third-order valence-electron chi connectivity index (χ3n) is 9.54. The average molecular weight is 740 g/mol. The van der Waals surface area contributed by atoms with Gasteiger partial charge in [-0.1, -0.05) is 84.9 Å². The molecule has 55 heavy (non-hydrogen) atoms. The molecule has 0 spiro atoms. The van der Waals surface area contributed by atoms with Gasteiger partial charge in [-0.25, -0.2) is 9.97 Å². The Kier molecular flexibility index (Phi) is 10.8. The summed E-state index contributed by atoms with van der Waals surface area (Å²) in [5.41, 5.74) is 5.43. The smallest absolute Gasteiger partial charge is 0.196 e. The topological polar surface area (TPSA) is 112 Å². The van der Waals surface area contributed by atoms with E-state index in [0.717, 1.165) is 12.1 Å². The Labute approximate surface area is 323 Å². The number of anilines is 2. The van der Waals surface area contributed by atoms with Crippen LogP contribution in [0.4, 0.5) is 11.4 Å². The van der Waals surface area contributed by atoms with Crippen LogP contribution < -0.4 is 24.3 Å². The number of hydrogen-bond acceptors (Lipinski definition) is 9. The van der Waals surface area contributed by atoms with Gasteiger partial charge >= 0.3 is 0 Å². The molecule has 0 amide bonds. The van der Waals surface area contributed by atoms with E-state index in [-0.39, 0.29) is 28.2 Å². The fourth-order valence-corrected chi connectivity index (χ4v) is 7.44. The van der Waals surface area contributed by atoms with Gasteiger partial charge in [0.1, 0.15) is 22.8 Å². The van der Waals surface area contributed by atoms with E-state index in [9.17, 15) is 9.90 Å². The lowest BCUT2D eigenvalue weighted by Gasteiger charge is -2.33. The van der Waals surface area contributed by atoms with E-state index in [0.29, 0.717) is 73.3 Å². The van der Waals surface area contributed by atoms with Crippen molar-refractivity contribution in [2.24, 2.45) is 5.41 Å². The van der Waals surface area contributed by atoms with Crippen LogP contribution in [-0.2, 0) is 5.41 Å². The molecular weight excluding hydrogens is 691 g/mol. The van der Waals surface area contributed by atoms with Gasteiger partial charge in [-0.05, 0) is 65.3 Å². The third kappa shape index (κ3) is 7.65. The molecule has 1 aromatic heterocycles. The second-order valence-electron chi connectivity index (χ2n) is 15.1. The first kappa shape index (κ1) is 38.6.